The fourth-order valence-electron chi connectivity index (χ4n) is 2.38. The zero-order valence-electron chi connectivity index (χ0n) is 10.3. The summed E-state index contributed by atoms with van der Waals surface area (Å²) in [7, 11) is 0. The molecule has 0 aromatic heterocycles. The third-order valence-corrected chi connectivity index (χ3v) is 3.39. The summed E-state index contributed by atoms with van der Waals surface area (Å²) in [4.78, 5) is 22.8. The number of ketones is 1. The highest BCUT2D eigenvalue weighted by Crippen LogP contribution is 2.21. The van der Waals surface area contributed by atoms with E-state index in [9.17, 15) is 14.7 Å². The third-order valence-electron chi connectivity index (χ3n) is 3.39. The lowest BCUT2D eigenvalue weighted by Gasteiger charge is -2.15. The molecule has 96 valence electrons. The molecule has 1 heterocycles. The van der Waals surface area contributed by atoms with Crippen LogP contribution >= 0.6 is 0 Å². The van der Waals surface area contributed by atoms with Crippen molar-refractivity contribution in [1.29, 1.82) is 0 Å². The Hall–Kier alpha value is -1.68. The number of aliphatic hydroxyl groups is 1. The van der Waals surface area contributed by atoms with Gasteiger partial charge in [-0.15, -0.1) is 0 Å². The average molecular weight is 247 g/mol. The van der Waals surface area contributed by atoms with Gasteiger partial charge in [0.1, 0.15) is 11.7 Å². The lowest BCUT2D eigenvalue weighted by Crippen LogP contribution is -2.33. The van der Waals surface area contributed by atoms with E-state index in [0.29, 0.717) is 6.42 Å². The lowest BCUT2D eigenvalue weighted by molar-refractivity contribution is -0.132. The molecule has 0 saturated carbocycles. The van der Waals surface area contributed by atoms with E-state index < -0.39 is 12.0 Å². The first-order valence-corrected chi connectivity index (χ1v) is 6.12. The van der Waals surface area contributed by atoms with Crippen LogP contribution in [-0.2, 0) is 16.0 Å². The number of nitrogens with one attached hydrogen (secondary N) is 1. The molecule has 3 atom stereocenters. The van der Waals surface area contributed by atoms with E-state index >= 15 is 0 Å². The van der Waals surface area contributed by atoms with Gasteiger partial charge >= 0.3 is 0 Å². The molecule has 1 aliphatic heterocycles. The second kappa shape index (κ2) is 5.31. The Morgan fingerprint density at radius 1 is 1.33 bits per heavy atom. The van der Waals surface area contributed by atoms with Crippen LogP contribution in [0.1, 0.15) is 18.9 Å². The number of Topliss-reactive ketones (excluding diaryl/α,β-unsaturated/α-hetero) is 1. The molecule has 1 aromatic carbocycles. The molecule has 1 saturated heterocycles. The van der Waals surface area contributed by atoms with Crippen molar-refractivity contribution in [3.8, 4) is 0 Å². The molecule has 1 amide bonds. The standard InChI is InChI=1S/C14H17NO3/c1-9(16)12-13(17)11(15-14(12)18)8-7-10-5-3-2-4-6-10/h2-6,11-13,17H,7-8H2,1H3,(H,15,18). The highest BCUT2D eigenvalue weighted by molar-refractivity contribution is 6.02. The van der Waals surface area contributed by atoms with Gasteiger partial charge in [-0.3, -0.25) is 9.59 Å². The van der Waals surface area contributed by atoms with Crippen molar-refractivity contribution in [2.75, 3.05) is 0 Å². The van der Waals surface area contributed by atoms with Gasteiger partial charge in [-0.05, 0) is 25.3 Å². The molecule has 0 radical (unpaired) electrons. The van der Waals surface area contributed by atoms with Gasteiger partial charge in [-0.1, -0.05) is 30.3 Å². The van der Waals surface area contributed by atoms with Crippen LogP contribution in [0.3, 0.4) is 0 Å². The molecule has 4 heteroatoms. The van der Waals surface area contributed by atoms with Crippen LogP contribution in [0.25, 0.3) is 0 Å². The van der Waals surface area contributed by atoms with Gasteiger partial charge in [0.05, 0.1) is 12.1 Å². The number of carbonyl (C=O) groups excluding carboxylic acids is 2. The average Bonchev–Trinajstić information content (AvgIpc) is 2.63. The van der Waals surface area contributed by atoms with E-state index in [1.54, 1.807) is 0 Å². The van der Waals surface area contributed by atoms with Crippen molar-refractivity contribution in [3.63, 3.8) is 0 Å². The lowest BCUT2D eigenvalue weighted by atomic mass is 9.94. The number of aliphatic hydroxyl groups excluding tert-OH is 1. The Morgan fingerprint density at radius 3 is 2.56 bits per heavy atom. The summed E-state index contributed by atoms with van der Waals surface area (Å²) in [5, 5.41) is 12.7. The largest absolute Gasteiger partial charge is 0.390 e. The van der Waals surface area contributed by atoms with Gasteiger partial charge in [0.2, 0.25) is 5.91 Å². The van der Waals surface area contributed by atoms with Crippen molar-refractivity contribution in [2.45, 2.75) is 31.9 Å². The van der Waals surface area contributed by atoms with Crippen LogP contribution in [0.4, 0.5) is 0 Å². The quantitative estimate of drug-likeness (QED) is 0.769. The molecule has 2 rings (SSSR count). The second-order valence-electron chi connectivity index (χ2n) is 4.72. The van der Waals surface area contributed by atoms with E-state index in [1.165, 1.54) is 6.92 Å². The molecular weight excluding hydrogens is 230 g/mol. The van der Waals surface area contributed by atoms with Crippen molar-refractivity contribution in [2.24, 2.45) is 5.92 Å². The number of hydrogen-bond acceptors (Lipinski definition) is 3. The van der Waals surface area contributed by atoms with Crippen LogP contribution < -0.4 is 5.32 Å². The summed E-state index contributed by atoms with van der Waals surface area (Å²) in [6.45, 7) is 1.34. The molecule has 0 spiro atoms. The first-order chi connectivity index (χ1) is 8.59. The highest BCUT2D eigenvalue weighted by Gasteiger charge is 2.43. The van der Waals surface area contributed by atoms with Gasteiger partial charge in [0.25, 0.3) is 0 Å². The third kappa shape index (κ3) is 2.59. The zero-order chi connectivity index (χ0) is 13.1. The van der Waals surface area contributed by atoms with Crippen molar-refractivity contribution < 1.29 is 14.7 Å². The summed E-state index contributed by atoms with van der Waals surface area (Å²) in [6, 6.07) is 9.54. The first-order valence-electron chi connectivity index (χ1n) is 6.12. The second-order valence-corrected chi connectivity index (χ2v) is 4.72. The molecular formula is C14H17NO3. The topological polar surface area (TPSA) is 66.4 Å². The van der Waals surface area contributed by atoms with Gasteiger partial charge < -0.3 is 10.4 Å². The highest BCUT2D eigenvalue weighted by atomic mass is 16.3. The Labute approximate surface area is 106 Å². The van der Waals surface area contributed by atoms with Crippen LogP contribution in [0.5, 0.6) is 0 Å². The minimum atomic E-state index is -0.904. The van der Waals surface area contributed by atoms with E-state index in [1.807, 2.05) is 30.3 Å². The molecule has 0 bridgehead atoms. The fraction of sp³-hybridized carbons (Fsp3) is 0.429. The molecule has 1 fully saturated rings. The molecule has 0 aliphatic carbocycles. The summed E-state index contributed by atoms with van der Waals surface area (Å²) in [6.07, 6.45) is 0.507. The van der Waals surface area contributed by atoms with Crippen molar-refractivity contribution in [1.82, 2.24) is 5.32 Å². The van der Waals surface area contributed by atoms with Crippen LogP contribution in [0.2, 0.25) is 0 Å². The number of benzene rings is 1. The summed E-state index contributed by atoms with van der Waals surface area (Å²) in [5.41, 5.74) is 1.16. The van der Waals surface area contributed by atoms with E-state index in [0.717, 1.165) is 12.0 Å². The summed E-state index contributed by atoms with van der Waals surface area (Å²) in [5.74, 6) is -1.53. The number of aryl methyl sites for hydroxylation is 1. The van der Waals surface area contributed by atoms with Crippen LogP contribution in [0, 0.1) is 5.92 Å². The van der Waals surface area contributed by atoms with Crippen molar-refractivity contribution >= 4 is 11.7 Å². The van der Waals surface area contributed by atoms with Crippen LogP contribution in [0.15, 0.2) is 30.3 Å². The van der Waals surface area contributed by atoms with Gasteiger partial charge in [0, 0.05) is 0 Å². The molecule has 1 aromatic rings. The summed E-state index contributed by atoms with van der Waals surface area (Å²) < 4.78 is 0. The van der Waals surface area contributed by atoms with E-state index in [-0.39, 0.29) is 17.7 Å². The maximum Gasteiger partial charge on any atom is 0.233 e. The van der Waals surface area contributed by atoms with Crippen molar-refractivity contribution in [3.05, 3.63) is 35.9 Å². The SMILES string of the molecule is CC(=O)C1C(=O)NC(CCc2ccccc2)C1O. The van der Waals surface area contributed by atoms with Crippen LogP contribution in [-0.4, -0.2) is 28.9 Å². The first kappa shape index (κ1) is 12.8. The Kier molecular flexibility index (Phi) is 3.77. The number of hydrogen-bond donors (Lipinski definition) is 2. The smallest absolute Gasteiger partial charge is 0.233 e. The normalized spacial score (nSPS) is 27.0. The maximum absolute atomic E-state index is 11.6. The molecule has 18 heavy (non-hydrogen) atoms. The number of amides is 1. The Bertz CT molecular complexity index is 444. The number of carbonyl (C=O) groups is 2. The monoisotopic (exact) mass is 247 g/mol. The van der Waals surface area contributed by atoms with E-state index in [2.05, 4.69) is 5.32 Å². The molecule has 2 N–H and O–H groups in total. The minimum absolute atomic E-state index is 0.276. The Balaban J connectivity index is 1.95. The summed E-state index contributed by atoms with van der Waals surface area (Å²) >= 11 is 0. The molecule has 4 nitrogen and oxygen atoms in total. The molecule has 3 unspecified atom stereocenters. The Morgan fingerprint density at radius 2 is 2.00 bits per heavy atom. The number of rotatable bonds is 4. The predicted octanol–water partition coefficient (Wildman–Crippen LogP) is 0.684. The maximum atomic E-state index is 11.6. The fourth-order valence-corrected chi connectivity index (χ4v) is 2.38. The predicted molar refractivity (Wildman–Crippen MR) is 66.9 cm³/mol. The van der Waals surface area contributed by atoms with Gasteiger partial charge in [-0.2, -0.15) is 0 Å². The molecule has 1 aliphatic rings. The van der Waals surface area contributed by atoms with Gasteiger partial charge in [0.15, 0.2) is 0 Å². The zero-order valence-corrected chi connectivity index (χ0v) is 10.3. The van der Waals surface area contributed by atoms with E-state index in [4.69, 9.17) is 0 Å². The van der Waals surface area contributed by atoms with Gasteiger partial charge in [-0.25, -0.2) is 0 Å². The minimum Gasteiger partial charge on any atom is -0.390 e.